The van der Waals surface area contributed by atoms with E-state index >= 15 is 0 Å². The number of para-hydroxylation sites is 1. The van der Waals surface area contributed by atoms with E-state index < -0.39 is 11.6 Å². The Kier molecular flexibility index (Phi) is 3.60. The van der Waals surface area contributed by atoms with Crippen LogP contribution in [0.2, 0.25) is 0 Å². The molecule has 0 unspecified atom stereocenters. The molecule has 0 spiro atoms. The third-order valence-electron chi connectivity index (χ3n) is 2.78. The molecule has 0 bridgehead atoms. The van der Waals surface area contributed by atoms with Gasteiger partial charge in [0.05, 0.1) is 5.69 Å². The van der Waals surface area contributed by atoms with Crippen molar-refractivity contribution in [1.82, 2.24) is 0 Å². The van der Waals surface area contributed by atoms with Gasteiger partial charge in [0.2, 0.25) is 0 Å². The van der Waals surface area contributed by atoms with Gasteiger partial charge in [-0.3, -0.25) is 0 Å². The van der Waals surface area contributed by atoms with E-state index in [1.54, 1.807) is 0 Å². The summed E-state index contributed by atoms with van der Waals surface area (Å²) in [7, 11) is 0. The minimum Gasteiger partial charge on any atom is -0.353 e. The second kappa shape index (κ2) is 5.17. The molecule has 2 aromatic carbocycles. The van der Waals surface area contributed by atoms with Crippen molar-refractivity contribution in [2.45, 2.75) is 19.8 Å². The lowest BCUT2D eigenvalue weighted by Crippen LogP contribution is -1.99. The third kappa shape index (κ3) is 2.67. The van der Waals surface area contributed by atoms with Gasteiger partial charge in [0, 0.05) is 11.8 Å². The SMILES string of the molecule is CC(C)c1ccccc1Nc1cc(F)ccc1F. The largest absolute Gasteiger partial charge is 0.353 e. The Morgan fingerprint density at radius 2 is 1.67 bits per heavy atom. The Balaban J connectivity index is 2.37. The van der Waals surface area contributed by atoms with E-state index in [-0.39, 0.29) is 5.69 Å². The number of nitrogens with one attached hydrogen (secondary N) is 1. The van der Waals surface area contributed by atoms with Crippen LogP contribution in [0.25, 0.3) is 0 Å². The number of hydrogen-bond acceptors (Lipinski definition) is 1. The monoisotopic (exact) mass is 247 g/mol. The molecule has 0 aliphatic heterocycles. The zero-order valence-corrected chi connectivity index (χ0v) is 10.4. The van der Waals surface area contributed by atoms with Gasteiger partial charge in [-0.25, -0.2) is 8.78 Å². The Morgan fingerprint density at radius 1 is 0.944 bits per heavy atom. The third-order valence-corrected chi connectivity index (χ3v) is 2.78. The van der Waals surface area contributed by atoms with Crippen molar-refractivity contribution in [2.24, 2.45) is 0 Å². The summed E-state index contributed by atoms with van der Waals surface area (Å²) in [4.78, 5) is 0. The van der Waals surface area contributed by atoms with Crippen LogP contribution in [0.4, 0.5) is 20.2 Å². The predicted octanol–water partition coefficient (Wildman–Crippen LogP) is 4.83. The summed E-state index contributed by atoms with van der Waals surface area (Å²) in [5.41, 5.74) is 2.03. The molecule has 0 saturated heterocycles. The van der Waals surface area contributed by atoms with Crippen LogP contribution in [0.3, 0.4) is 0 Å². The summed E-state index contributed by atoms with van der Waals surface area (Å²) in [6, 6.07) is 11.0. The van der Waals surface area contributed by atoms with Crippen molar-refractivity contribution >= 4 is 11.4 Å². The Labute approximate surface area is 105 Å². The van der Waals surface area contributed by atoms with Crippen molar-refractivity contribution < 1.29 is 8.78 Å². The quantitative estimate of drug-likeness (QED) is 0.819. The minimum atomic E-state index is -0.463. The lowest BCUT2D eigenvalue weighted by Gasteiger charge is -2.15. The summed E-state index contributed by atoms with van der Waals surface area (Å²) in [5.74, 6) is -0.610. The molecule has 0 aliphatic carbocycles. The second-order valence-corrected chi connectivity index (χ2v) is 4.49. The molecule has 0 aliphatic rings. The van der Waals surface area contributed by atoms with Gasteiger partial charge in [-0.15, -0.1) is 0 Å². The van der Waals surface area contributed by atoms with E-state index in [0.29, 0.717) is 5.92 Å². The van der Waals surface area contributed by atoms with Gasteiger partial charge in [0.25, 0.3) is 0 Å². The fourth-order valence-electron chi connectivity index (χ4n) is 1.85. The van der Waals surface area contributed by atoms with Gasteiger partial charge >= 0.3 is 0 Å². The van der Waals surface area contributed by atoms with Crippen molar-refractivity contribution in [3.8, 4) is 0 Å². The first kappa shape index (κ1) is 12.6. The van der Waals surface area contributed by atoms with Gasteiger partial charge in [-0.1, -0.05) is 32.0 Å². The molecule has 94 valence electrons. The Bertz CT molecular complexity index is 550. The number of rotatable bonds is 3. The number of halogens is 2. The summed E-state index contributed by atoms with van der Waals surface area (Å²) in [5, 5.41) is 2.95. The topological polar surface area (TPSA) is 12.0 Å². The highest BCUT2D eigenvalue weighted by molar-refractivity contribution is 5.64. The highest BCUT2D eigenvalue weighted by Gasteiger charge is 2.09. The maximum Gasteiger partial charge on any atom is 0.146 e. The molecule has 18 heavy (non-hydrogen) atoms. The van der Waals surface area contributed by atoms with Gasteiger partial charge in [-0.2, -0.15) is 0 Å². The van der Waals surface area contributed by atoms with E-state index in [1.165, 1.54) is 0 Å². The predicted molar refractivity (Wildman–Crippen MR) is 70.2 cm³/mol. The van der Waals surface area contributed by atoms with Crippen molar-refractivity contribution in [1.29, 1.82) is 0 Å². The molecule has 0 amide bonds. The molecule has 0 heterocycles. The molecule has 3 heteroatoms. The normalized spacial score (nSPS) is 10.7. The summed E-state index contributed by atoms with van der Waals surface area (Å²) >= 11 is 0. The van der Waals surface area contributed by atoms with Gasteiger partial charge in [-0.05, 0) is 29.7 Å². The van der Waals surface area contributed by atoms with Crippen molar-refractivity contribution in [3.63, 3.8) is 0 Å². The number of benzene rings is 2. The molecule has 1 N–H and O–H groups in total. The molecule has 2 aromatic rings. The highest BCUT2D eigenvalue weighted by Crippen LogP contribution is 2.28. The zero-order chi connectivity index (χ0) is 13.1. The van der Waals surface area contributed by atoms with Crippen LogP contribution >= 0.6 is 0 Å². The molecule has 0 aromatic heterocycles. The molecule has 0 saturated carbocycles. The average molecular weight is 247 g/mol. The van der Waals surface area contributed by atoms with Crippen LogP contribution in [0.15, 0.2) is 42.5 Å². The second-order valence-electron chi connectivity index (χ2n) is 4.49. The van der Waals surface area contributed by atoms with Crippen LogP contribution in [-0.4, -0.2) is 0 Å². The molecule has 0 radical (unpaired) electrons. The Morgan fingerprint density at radius 3 is 2.39 bits per heavy atom. The maximum atomic E-state index is 13.6. The smallest absolute Gasteiger partial charge is 0.146 e. The van der Waals surface area contributed by atoms with Crippen LogP contribution in [0.1, 0.15) is 25.3 Å². The fourth-order valence-corrected chi connectivity index (χ4v) is 1.85. The van der Waals surface area contributed by atoms with Crippen molar-refractivity contribution in [2.75, 3.05) is 5.32 Å². The summed E-state index contributed by atoms with van der Waals surface area (Å²) in [6.07, 6.45) is 0. The van der Waals surface area contributed by atoms with E-state index in [2.05, 4.69) is 19.2 Å². The standard InChI is InChI=1S/C15H15F2N/c1-10(2)12-5-3-4-6-14(12)18-15-9-11(16)7-8-13(15)17/h3-10,18H,1-2H3. The lowest BCUT2D eigenvalue weighted by atomic mass is 10.0. The Hall–Kier alpha value is -1.90. The summed E-state index contributed by atoms with van der Waals surface area (Å²) < 4.78 is 26.7. The van der Waals surface area contributed by atoms with E-state index in [9.17, 15) is 8.78 Å². The first-order chi connectivity index (χ1) is 8.58. The number of anilines is 2. The lowest BCUT2D eigenvalue weighted by molar-refractivity contribution is 0.603. The fraction of sp³-hybridized carbons (Fsp3) is 0.200. The first-order valence-electron chi connectivity index (χ1n) is 5.89. The molecule has 0 atom stereocenters. The van der Waals surface area contributed by atoms with Crippen LogP contribution in [0, 0.1) is 11.6 Å². The van der Waals surface area contributed by atoms with E-state index in [1.807, 2.05) is 24.3 Å². The molecular weight excluding hydrogens is 232 g/mol. The number of hydrogen-bond donors (Lipinski definition) is 1. The molecule has 2 rings (SSSR count). The van der Waals surface area contributed by atoms with Crippen LogP contribution in [0.5, 0.6) is 0 Å². The van der Waals surface area contributed by atoms with E-state index in [4.69, 9.17) is 0 Å². The van der Waals surface area contributed by atoms with Crippen LogP contribution in [-0.2, 0) is 0 Å². The van der Waals surface area contributed by atoms with E-state index in [0.717, 1.165) is 29.4 Å². The molecular formula is C15H15F2N. The molecule has 1 nitrogen and oxygen atoms in total. The van der Waals surface area contributed by atoms with Gasteiger partial charge < -0.3 is 5.32 Å². The van der Waals surface area contributed by atoms with Gasteiger partial charge in [0.1, 0.15) is 11.6 Å². The van der Waals surface area contributed by atoms with Crippen molar-refractivity contribution in [3.05, 3.63) is 59.7 Å². The summed E-state index contributed by atoms with van der Waals surface area (Å²) in [6.45, 7) is 4.12. The first-order valence-corrected chi connectivity index (χ1v) is 5.89. The maximum absolute atomic E-state index is 13.6. The zero-order valence-electron chi connectivity index (χ0n) is 10.4. The minimum absolute atomic E-state index is 0.156. The van der Waals surface area contributed by atoms with Gasteiger partial charge in [0.15, 0.2) is 0 Å². The van der Waals surface area contributed by atoms with Crippen LogP contribution < -0.4 is 5.32 Å². The molecule has 0 fully saturated rings. The average Bonchev–Trinajstić information content (AvgIpc) is 2.34. The highest BCUT2D eigenvalue weighted by atomic mass is 19.1.